The molecule has 1 aliphatic rings. The molecule has 0 bridgehead atoms. The molecule has 2 rings (SSSR count). The van der Waals surface area contributed by atoms with Crippen LogP contribution in [-0.2, 0) is 6.54 Å². The van der Waals surface area contributed by atoms with E-state index in [0.29, 0.717) is 4.75 Å². The maximum absolute atomic E-state index is 4.52. The second-order valence-corrected chi connectivity index (χ2v) is 7.18. The number of nitrogens with one attached hydrogen (secondary N) is 1. The molecular weight excluding hydrogens is 244 g/mol. The van der Waals surface area contributed by atoms with Crippen molar-refractivity contribution in [2.24, 2.45) is 0 Å². The number of rotatable bonds is 3. The van der Waals surface area contributed by atoms with Crippen molar-refractivity contribution in [3.05, 3.63) is 17.6 Å². The number of hydrogen-bond acceptors (Lipinski definition) is 5. The predicted octanol–water partition coefficient (Wildman–Crippen LogP) is 2.15. The summed E-state index contributed by atoms with van der Waals surface area (Å²) in [5, 5.41) is 3.09. The third kappa shape index (κ3) is 3.59. The zero-order valence-electron chi connectivity index (χ0n) is 11.7. The Labute approximate surface area is 114 Å². The molecule has 1 saturated heterocycles. The van der Waals surface area contributed by atoms with Crippen LogP contribution in [0.3, 0.4) is 0 Å². The van der Waals surface area contributed by atoms with Crippen LogP contribution in [0.2, 0.25) is 0 Å². The van der Waals surface area contributed by atoms with E-state index >= 15 is 0 Å². The number of anilines is 1. The van der Waals surface area contributed by atoms with Crippen molar-refractivity contribution >= 4 is 17.6 Å². The van der Waals surface area contributed by atoms with Crippen molar-refractivity contribution in [1.29, 1.82) is 0 Å². The second kappa shape index (κ2) is 5.45. The van der Waals surface area contributed by atoms with Crippen molar-refractivity contribution in [2.45, 2.75) is 32.1 Å². The zero-order valence-corrected chi connectivity index (χ0v) is 12.5. The fraction of sp³-hybridized carbons (Fsp3) is 0.692. The van der Waals surface area contributed by atoms with Gasteiger partial charge in [0.05, 0.1) is 6.54 Å². The third-order valence-electron chi connectivity index (χ3n) is 3.03. The Morgan fingerprint density at radius 1 is 1.44 bits per heavy atom. The van der Waals surface area contributed by atoms with E-state index in [9.17, 15) is 0 Å². The Morgan fingerprint density at radius 2 is 2.22 bits per heavy atom. The first-order chi connectivity index (χ1) is 8.48. The highest BCUT2D eigenvalue weighted by Crippen LogP contribution is 2.29. The molecule has 1 aromatic heterocycles. The van der Waals surface area contributed by atoms with Crippen LogP contribution < -0.4 is 5.32 Å². The molecule has 0 atom stereocenters. The first-order valence-electron chi connectivity index (χ1n) is 6.37. The zero-order chi connectivity index (χ0) is 13.2. The van der Waals surface area contributed by atoms with Crippen LogP contribution in [0.1, 0.15) is 25.4 Å². The first-order valence-corrected chi connectivity index (χ1v) is 7.36. The summed E-state index contributed by atoms with van der Waals surface area (Å²) >= 11 is 2.05. The molecule has 18 heavy (non-hydrogen) atoms. The standard InChI is InChI=1S/C13H22N4S/c1-10-7-11(14-4)16-12(15-10)8-17-5-6-18-13(2,3)9-17/h7H,5-6,8-9H2,1-4H3,(H,14,15,16). The maximum atomic E-state index is 4.52. The van der Waals surface area contributed by atoms with Crippen LogP contribution in [0.5, 0.6) is 0 Å². The minimum atomic E-state index is 0.341. The summed E-state index contributed by atoms with van der Waals surface area (Å²) in [6.45, 7) is 9.70. The average Bonchev–Trinajstić information content (AvgIpc) is 2.26. The highest BCUT2D eigenvalue weighted by atomic mass is 32.2. The van der Waals surface area contributed by atoms with Crippen molar-refractivity contribution in [1.82, 2.24) is 14.9 Å². The highest BCUT2D eigenvalue weighted by molar-refractivity contribution is 8.00. The Balaban J connectivity index is 2.07. The minimum Gasteiger partial charge on any atom is -0.373 e. The normalized spacial score (nSPS) is 19.8. The van der Waals surface area contributed by atoms with E-state index < -0.39 is 0 Å². The molecule has 2 heterocycles. The minimum absolute atomic E-state index is 0.341. The van der Waals surface area contributed by atoms with Gasteiger partial charge in [0.15, 0.2) is 0 Å². The van der Waals surface area contributed by atoms with E-state index in [1.165, 1.54) is 5.75 Å². The van der Waals surface area contributed by atoms with Gasteiger partial charge in [-0.25, -0.2) is 9.97 Å². The lowest BCUT2D eigenvalue weighted by Gasteiger charge is -2.37. The van der Waals surface area contributed by atoms with E-state index in [4.69, 9.17) is 0 Å². The number of aryl methyl sites for hydroxylation is 1. The lowest BCUT2D eigenvalue weighted by Crippen LogP contribution is -2.42. The van der Waals surface area contributed by atoms with Crippen LogP contribution in [0.25, 0.3) is 0 Å². The van der Waals surface area contributed by atoms with Gasteiger partial charge in [-0.05, 0) is 20.8 Å². The Morgan fingerprint density at radius 3 is 2.89 bits per heavy atom. The van der Waals surface area contributed by atoms with Crippen molar-refractivity contribution in [3.63, 3.8) is 0 Å². The molecule has 1 fully saturated rings. The van der Waals surface area contributed by atoms with Crippen molar-refractivity contribution < 1.29 is 0 Å². The average molecular weight is 266 g/mol. The molecule has 0 spiro atoms. The first kappa shape index (κ1) is 13.6. The van der Waals surface area contributed by atoms with Gasteiger partial charge >= 0.3 is 0 Å². The number of aromatic nitrogens is 2. The summed E-state index contributed by atoms with van der Waals surface area (Å²) in [6.07, 6.45) is 0. The van der Waals surface area contributed by atoms with Gasteiger partial charge in [0, 0.05) is 42.4 Å². The molecule has 0 amide bonds. The Bertz CT molecular complexity index is 419. The van der Waals surface area contributed by atoms with Gasteiger partial charge in [0.25, 0.3) is 0 Å². The molecule has 4 nitrogen and oxygen atoms in total. The molecule has 0 saturated carbocycles. The Kier molecular flexibility index (Phi) is 4.12. The van der Waals surface area contributed by atoms with E-state index in [0.717, 1.165) is 37.0 Å². The van der Waals surface area contributed by atoms with Gasteiger partial charge in [-0.15, -0.1) is 0 Å². The van der Waals surface area contributed by atoms with E-state index in [1.54, 1.807) is 0 Å². The van der Waals surface area contributed by atoms with Gasteiger partial charge in [-0.3, -0.25) is 4.90 Å². The fourth-order valence-electron chi connectivity index (χ4n) is 2.28. The number of nitrogens with zero attached hydrogens (tertiary/aromatic N) is 3. The van der Waals surface area contributed by atoms with Crippen LogP contribution >= 0.6 is 11.8 Å². The van der Waals surface area contributed by atoms with E-state index in [1.807, 2.05) is 20.0 Å². The lowest BCUT2D eigenvalue weighted by molar-refractivity contribution is 0.246. The van der Waals surface area contributed by atoms with Crippen molar-refractivity contribution in [3.8, 4) is 0 Å². The summed E-state index contributed by atoms with van der Waals surface area (Å²) in [5.74, 6) is 3.02. The summed E-state index contributed by atoms with van der Waals surface area (Å²) in [4.78, 5) is 11.5. The molecule has 0 unspecified atom stereocenters. The van der Waals surface area contributed by atoms with Gasteiger partial charge in [0.2, 0.25) is 0 Å². The quantitative estimate of drug-likeness (QED) is 0.908. The molecule has 0 radical (unpaired) electrons. The smallest absolute Gasteiger partial charge is 0.144 e. The maximum Gasteiger partial charge on any atom is 0.144 e. The Hall–Kier alpha value is -0.810. The molecule has 0 aromatic carbocycles. The van der Waals surface area contributed by atoms with E-state index in [2.05, 4.69) is 45.8 Å². The van der Waals surface area contributed by atoms with Crippen molar-refractivity contribution in [2.75, 3.05) is 31.2 Å². The molecule has 1 N–H and O–H groups in total. The molecule has 100 valence electrons. The third-order valence-corrected chi connectivity index (χ3v) is 4.32. The van der Waals surface area contributed by atoms with Gasteiger partial charge in [0.1, 0.15) is 11.6 Å². The monoisotopic (exact) mass is 266 g/mol. The molecule has 1 aromatic rings. The topological polar surface area (TPSA) is 41.1 Å². The molecule has 5 heteroatoms. The molecule has 1 aliphatic heterocycles. The summed E-state index contributed by atoms with van der Waals surface area (Å²) in [5.41, 5.74) is 1.02. The summed E-state index contributed by atoms with van der Waals surface area (Å²) < 4.78 is 0.341. The SMILES string of the molecule is CNc1cc(C)nc(CN2CCSC(C)(C)C2)n1. The largest absolute Gasteiger partial charge is 0.373 e. The second-order valence-electron chi connectivity index (χ2n) is 5.38. The summed E-state index contributed by atoms with van der Waals surface area (Å²) in [7, 11) is 1.90. The van der Waals surface area contributed by atoms with Crippen LogP contribution in [0, 0.1) is 6.92 Å². The molecular formula is C13H22N4S. The number of thioether (sulfide) groups is 1. The summed E-state index contributed by atoms with van der Waals surface area (Å²) in [6, 6.07) is 1.97. The van der Waals surface area contributed by atoms with E-state index in [-0.39, 0.29) is 0 Å². The van der Waals surface area contributed by atoms with Gasteiger partial charge in [-0.2, -0.15) is 11.8 Å². The molecule has 0 aliphatic carbocycles. The van der Waals surface area contributed by atoms with Crippen LogP contribution in [0.4, 0.5) is 5.82 Å². The highest BCUT2D eigenvalue weighted by Gasteiger charge is 2.27. The van der Waals surface area contributed by atoms with Crippen LogP contribution in [0.15, 0.2) is 6.07 Å². The fourth-order valence-corrected chi connectivity index (χ4v) is 3.45. The van der Waals surface area contributed by atoms with Gasteiger partial charge in [-0.1, -0.05) is 0 Å². The van der Waals surface area contributed by atoms with Crippen LogP contribution in [-0.4, -0.2) is 45.5 Å². The lowest BCUT2D eigenvalue weighted by atomic mass is 10.2. The van der Waals surface area contributed by atoms with Gasteiger partial charge < -0.3 is 5.32 Å². The predicted molar refractivity (Wildman–Crippen MR) is 78.1 cm³/mol. The number of hydrogen-bond donors (Lipinski definition) is 1.